The summed E-state index contributed by atoms with van der Waals surface area (Å²) in [4.78, 5) is 0. The van der Waals surface area contributed by atoms with Gasteiger partial charge in [-0.2, -0.15) is 0 Å². The summed E-state index contributed by atoms with van der Waals surface area (Å²) < 4.78 is 0. The monoisotopic (exact) mass is 248 g/mol. The molecule has 2 aromatic rings. The summed E-state index contributed by atoms with van der Waals surface area (Å²) in [5.41, 5.74) is 2.97. The summed E-state index contributed by atoms with van der Waals surface area (Å²) in [6, 6.07) is 22.1. The van der Waals surface area contributed by atoms with Crippen LogP contribution in [0, 0.1) is 0 Å². The molecule has 1 saturated carbocycles. The molecular formula is C18H21B. The molecule has 1 fully saturated rings. The largest absolute Gasteiger partial charge is 0.212 e. The van der Waals surface area contributed by atoms with Gasteiger partial charge in [-0.15, -0.1) is 0 Å². The van der Waals surface area contributed by atoms with Crippen LogP contribution in [0.5, 0.6) is 0 Å². The molecule has 0 amide bonds. The molecule has 0 aromatic heterocycles. The van der Waals surface area contributed by atoms with Crippen LogP contribution >= 0.6 is 0 Å². The maximum Gasteiger partial charge on any atom is 0.212 e. The molecule has 1 aliphatic rings. The van der Waals surface area contributed by atoms with Crippen molar-refractivity contribution in [3.05, 3.63) is 60.7 Å². The van der Waals surface area contributed by atoms with E-state index < -0.39 is 0 Å². The van der Waals surface area contributed by atoms with Crippen molar-refractivity contribution in [1.29, 1.82) is 0 Å². The van der Waals surface area contributed by atoms with E-state index >= 15 is 0 Å². The standard InChI is InChI=1S/C18H21B/c1-4-10-16(11-5-1)19(17-12-6-2-7-13-17)18-14-8-3-9-15-18/h1-2,4-7,10-13,18H,3,8-9,14-15H2. The first-order valence-corrected chi connectivity index (χ1v) is 7.55. The van der Waals surface area contributed by atoms with Crippen molar-refractivity contribution in [3.63, 3.8) is 0 Å². The number of rotatable bonds is 3. The van der Waals surface area contributed by atoms with Crippen molar-refractivity contribution in [2.75, 3.05) is 0 Å². The third-order valence-electron chi connectivity index (χ3n) is 4.44. The van der Waals surface area contributed by atoms with Crippen LogP contribution in [0.1, 0.15) is 32.1 Å². The van der Waals surface area contributed by atoms with Gasteiger partial charge in [-0.05, 0) is 0 Å². The lowest BCUT2D eigenvalue weighted by molar-refractivity contribution is 0.499. The van der Waals surface area contributed by atoms with Crippen LogP contribution < -0.4 is 10.9 Å². The number of benzene rings is 2. The lowest BCUT2D eigenvalue weighted by Gasteiger charge is -2.28. The van der Waals surface area contributed by atoms with Gasteiger partial charge in [-0.3, -0.25) is 0 Å². The van der Waals surface area contributed by atoms with Crippen molar-refractivity contribution in [2.45, 2.75) is 37.9 Å². The van der Waals surface area contributed by atoms with Gasteiger partial charge in [0.2, 0.25) is 6.71 Å². The lowest BCUT2D eigenvalue weighted by atomic mass is 9.32. The smallest absolute Gasteiger partial charge is 0.0739 e. The van der Waals surface area contributed by atoms with Gasteiger partial charge in [0, 0.05) is 0 Å². The minimum atomic E-state index is 0.586. The van der Waals surface area contributed by atoms with Crippen molar-refractivity contribution >= 4 is 17.6 Å². The Morgan fingerprint density at radius 1 is 0.632 bits per heavy atom. The van der Waals surface area contributed by atoms with E-state index in [0.717, 1.165) is 5.82 Å². The van der Waals surface area contributed by atoms with Crippen LogP contribution in [-0.4, -0.2) is 6.71 Å². The SMILES string of the molecule is c1ccc(B(c2ccccc2)C2CCCCC2)cc1. The molecule has 2 aromatic carbocycles. The fourth-order valence-electron chi connectivity index (χ4n) is 3.53. The summed E-state index contributed by atoms with van der Waals surface area (Å²) in [7, 11) is 0. The molecule has 1 heteroatoms. The van der Waals surface area contributed by atoms with Crippen LogP contribution in [-0.2, 0) is 0 Å². The average Bonchev–Trinajstić information content (AvgIpc) is 2.51. The van der Waals surface area contributed by atoms with E-state index in [-0.39, 0.29) is 0 Å². The van der Waals surface area contributed by atoms with Crippen LogP contribution in [0.3, 0.4) is 0 Å². The van der Waals surface area contributed by atoms with E-state index in [9.17, 15) is 0 Å². The fourth-order valence-corrected chi connectivity index (χ4v) is 3.53. The molecule has 0 atom stereocenters. The minimum absolute atomic E-state index is 0.586. The molecule has 0 N–H and O–H groups in total. The van der Waals surface area contributed by atoms with Gasteiger partial charge in [-0.25, -0.2) is 0 Å². The molecule has 19 heavy (non-hydrogen) atoms. The maximum absolute atomic E-state index is 2.30. The Morgan fingerprint density at radius 3 is 1.58 bits per heavy atom. The second-order valence-electron chi connectivity index (χ2n) is 5.70. The highest BCUT2D eigenvalue weighted by atomic mass is 14.1. The molecule has 0 radical (unpaired) electrons. The molecule has 0 spiro atoms. The first-order chi connectivity index (χ1) is 9.45. The summed E-state index contributed by atoms with van der Waals surface area (Å²) in [5.74, 6) is 0.818. The molecule has 0 heterocycles. The molecule has 0 aliphatic heterocycles. The second-order valence-corrected chi connectivity index (χ2v) is 5.70. The van der Waals surface area contributed by atoms with E-state index in [4.69, 9.17) is 0 Å². The van der Waals surface area contributed by atoms with Gasteiger partial charge >= 0.3 is 0 Å². The van der Waals surface area contributed by atoms with Gasteiger partial charge in [0.1, 0.15) is 0 Å². The first kappa shape index (κ1) is 12.5. The zero-order chi connectivity index (χ0) is 12.9. The maximum atomic E-state index is 2.30. The normalized spacial score (nSPS) is 16.2. The van der Waals surface area contributed by atoms with E-state index in [1.54, 1.807) is 0 Å². The van der Waals surface area contributed by atoms with Gasteiger partial charge in [0.25, 0.3) is 0 Å². The van der Waals surface area contributed by atoms with Crippen molar-refractivity contribution in [2.24, 2.45) is 0 Å². The Morgan fingerprint density at radius 2 is 1.11 bits per heavy atom. The van der Waals surface area contributed by atoms with Crippen LogP contribution in [0.2, 0.25) is 5.82 Å². The summed E-state index contributed by atoms with van der Waals surface area (Å²) in [6.07, 6.45) is 7.00. The zero-order valence-electron chi connectivity index (χ0n) is 11.5. The molecule has 0 bridgehead atoms. The third kappa shape index (κ3) is 2.92. The Hall–Kier alpha value is -1.50. The first-order valence-electron chi connectivity index (χ1n) is 7.55. The molecule has 1 aliphatic carbocycles. The van der Waals surface area contributed by atoms with Crippen molar-refractivity contribution in [1.82, 2.24) is 0 Å². The Labute approximate surface area is 116 Å². The predicted molar refractivity (Wildman–Crippen MR) is 84.7 cm³/mol. The van der Waals surface area contributed by atoms with E-state index in [2.05, 4.69) is 60.7 Å². The Balaban J connectivity index is 1.96. The topological polar surface area (TPSA) is 0 Å². The highest BCUT2D eigenvalue weighted by Gasteiger charge is 2.29. The molecule has 96 valence electrons. The zero-order valence-corrected chi connectivity index (χ0v) is 11.5. The third-order valence-corrected chi connectivity index (χ3v) is 4.44. The van der Waals surface area contributed by atoms with Crippen LogP contribution in [0.25, 0.3) is 0 Å². The number of hydrogen-bond acceptors (Lipinski definition) is 0. The molecule has 0 nitrogen and oxygen atoms in total. The Bertz CT molecular complexity index is 446. The highest BCUT2D eigenvalue weighted by Crippen LogP contribution is 2.31. The summed E-state index contributed by atoms with van der Waals surface area (Å²) >= 11 is 0. The van der Waals surface area contributed by atoms with Gasteiger partial charge in [0.05, 0.1) is 0 Å². The van der Waals surface area contributed by atoms with E-state index in [0.29, 0.717) is 6.71 Å². The fraction of sp³-hybridized carbons (Fsp3) is 0.333. The minimum Gasteiger partial charge on any atom is -0.0739 e. The molecular weight excluding hydrogens is 227 g/mol. The lowest BCUT2D eigenvalue weighted by Crippen LogP contribution is -2.46. The van der Waals surface area contributed by atoms with Gasteiger partial charge < -0.3 is 0 Å². The van der Waals surface area contributed by atoms with Gasteiger partial charge in [-0.1, -0.05) is 110 Å². The van der Waals surface area contributed by atoms with Crippen molar-refractivity contribution in [3.8, 4) is 0 Å². The molecule has 3 rings (SSSR count). The van der Waals surface area contributed by atoms with Gasteiger partial charge in [0.15, 0.2) is 0 Å². The van der Waals surface area contributed by atoms with Crippen LogP contribution in [0.15, 0.2) is 60.7 Å². The van der Waals surface area contributed by atoms with E-state index in [1.807, 2.05) is 0 Å². The van der Waals surface area contributed by atoms with E-state index in [1.165, 1.54) is 43.0 Å². The summed E-state index contributed by atoms with van der Waals surface area (Å²) in [5, 5.41) is 0. The van der Waals surface area contributed by atoms with Crippen LogP contribution in [0.4, 0.5) is 0 Å². The Kier molecular flexibility index (Phi) is 4.02. The van der Waals surface area contributed by atoms with Crippen molar-refractivity contribution < 1.29 is 0 Å². The second kappa shape index (κ2) is 6.10. The average molecular weight is 248 g/mol. The summed E-state index contributed by atoms with van der Waals surface area (Å²) in [6.45, 7) is 0.586. The predicted octanol–water partition coefficient (Wildman–Crippen LogP) is 3.63. The quantitative estimate of drug-likeness (QED) is 0.727. The molecule has 0 saturated heterocycles. The number of hydrogen-bond donors (Lipinski definition) is 0. The molecule has 0 unspecified atom stereocenters. The highest BCUT2D eigenvalue weighted by molar-refractivity contribution is 6.86.